The molecule has 130 valence electrons. The molecule has 0 saturated heterocycles. The molecule has 1 unspecified atom stereocenters. The number of benzene rings is 1. The molecule has 3 N–H and O–H groups in total. The fourth-order valence-electron chi connectivity index (χ4n) is 2.56. The number of primary sulfonamides is 1. The number of nitrogens with zero attached hydrogens (tertiary/aromatic N) is 3. The number of fused-ring (bicyclic) bond motifs is 1. The molecule has 2 aromatic heterocycles. The van der Waals surface area contributed by atoms with Crippen molar-refractivity contribution >= 4 is 21.6 Å². The third-order valence-corrected chi connectivity index (χ3v) is 4.73. The molecule has 2 heterocycles. The molecule has 25 heavy (non-hydrogen) atoms. The highest BCUT2D eigenvalue weighted by molar-refractivity contribution is 7.89. The van der Waals surface area contributed by atoms with E-state index in [1.54, 1.807) is 36.6 Å². The van der Waals surface area contributed by atoms with E-state index in [2.05, 4.69) is 15.5 Å². The van der Waals surface area contributed by atoms with Crippen LogP contribution in [-0.4, -0.2) is 28.9 Å². The van der Waals surface area contributed by atoms with Crippen LogP contribution in [0.15, 0.2) is 47.5 Å². The average molecular weight is 359 g/mol. The first-order chi connectivity index (χ1) is 11.8. The van der Waals surface area contributed by atoms with Gasteiger partial charge in [0.1, 0.15) is 0 Å². The Balaban J connectivity index is 1.94. The zero-order valence-corrected chi connectivity index (χ0v) is 14.5. The Morgan fingerprint density at radius 3 is 2.72 bits per heavy atom. The molecular weight excluding hydrogens is 342 g/mol. The lowest BCUT2D eigenvalue weighted by Gasteiger charge is -2.14. The molecule has 0 aliphatic heterocycles. The number of pyridine rings is 1. The van der Waals surface area contributed by atoms with Crippen LogP contribution in [0.25, 0.3) is 5.65 Å². The number of nitrogens with one attached hydrogen (secondary N) is 1. The van der Waals surface area contributed by atoms with E-state index < -0.39 is 22.0 Å². The van der Waals surface area contributed by atoms with Gasteiger partial charge in [0.15, 0.2) is 11.5 Å². The molecule has 1 aromatic carbocycles. The van der Waals surface area contributed by atoms with Crippen molar-refractivity contribution in [2.24, 2.45) is 5.14 Å². The lowest BCUT2D eigenvalue weighted by molar-refractivity contribution is 0.0934. The molecule has 0 aliphatic rings. The predicted molar refractivity (Wildman–Crippen MR) is 91.4 cm³/mol. The van der Waals surface area contributed by atoms with Crippen LogP contribution in [0.4, 0.5) is 0 Å². The van der Waals surface area contributed by atoms with Crippen LogP contribution in [0.2, 0.25) is 0 Å². The minimum Gasteiger partial charge on any atom is -0.342 e. The number of carbonyl (C=O) groups is 1. The largest absolute Gasteiger partial charge is 0.342 e. The maximum absolute atomic E-state index is 12.6. The van der Waals surface area contributed by atoms with Gasteiger partial charge in [0.05, 0.1) is 16.5 Å². The summed E-state index contributed by atoms with van der Waals surface area (Å²) in [6.45, 7) is 3.51. The van der Waals surface area contributed by atoms with Gasteiger partial charge in [-0.1, -0.05) is 17.7 Å². The number of rotatable bonds is 4. The van der Waals surface area contributed by atoms with Crippen LogP contribution in [0.3, 0.4) is 0 Å². The van der Waals surface area contributed by atoms with Gasteiger partial charge >= 0.3 is 0 Å². The van der Waals surface area contributed by atoms with E-state index in [1.165, 1.54) is 12.1 Å². The summed E-state index contributed by atoms with van der Waals surface area (Å²) in [6, 6.07) is 9.38. The van der Waals surface area contributed by atoms with Crippen molar-refractivity contribution in [1.82, 2.24) is 19.9 Å². The van der Waals surface area contributed by atoms with Crippen molar-refractivity contribution in [3.05, 3.63) is 59.5 Å². The van der Waals surface area contributed by atoms with Crippen LogP contribution in [0.5, 0.6) is 0 Å². The normalized spacial score (nSPS) is 12.9. The Morgan fingerprint density at radius 1 is 1.24 bits per heavy atom. The standard InChI is InChI=1S/C16H17N5O3S/c1-10-6-7-13(25(17,23)24)12(9-10)16(22)18-11(2)15-20-19-14-5-3-4-8-21(14)15/h3-9,11H,1-2H3,(H,18,22)(H2,17,23,24). The number of hydrogen-bond acceptors (Lipinski definition) is 5. The topological polar surface area (TPSA) is 119 Å². The Labute approximate surface area is 144 Å². The summed E-state index contributed by atoms with van der Waals surface area (Å²) in [4.78, 5) is 12.4. The van der Waals surface area contributed by atoms with Gasteiger partial charge in [0.25, 0.3) is 5.91 Å². The fourth-order valence-corrected chi connectivity index (χ4v) is 3.28. The smallest absolute Gasteiger partial charge is 0.253 e. The predicted octanol–water partition coefficient (Wildman–Crippen LogP) is 1.18. The zero-order valence-electron chi connectivity index (χ0n) is 13.7. The summed E-state index contributed by atoms with van der Waals surface area (Å²) >= 11 is 0. The average Bonchev–Trinajstić information content (AvgIpc) is 2.97. The maximum Gasteiger partial charge on any atom is 0.253 e. The van der Waals surface area contributed by atoms with Gasteiger partial charge < -0.3 is 5.32 Å². The molecule has 0 saturated carbocycles. The van der Waals surface area contributed by atoms with E-state index in [-0.39, 0.29) is 10.5 Å². The van der Waals surface area contributed by atoms with Crippen molar-refractivity contribution < 1.29 is 13.2 Å². The number of hydrogen-bond donors (Lipinski definition) is 2. The summed E-state index contributed by atoms with van der Waals surface area (Å²) in [5.74, 6) is -0.0123. The molecule has 9 heteroatoms. The van der Waals surface area contributed by atoms with E-state index in [4.69, 9.17) is 5.14 Å². The van der Waals surface area contributed by atoms with Crippen LogP contribution < -0.4 is 10.5 Å². The third kappa shape index (κ3) is 3.37. The molecule has 0 radical (unpaired) electrons. The summed E-state index contributed by atoms with van der Waals surface area (Å²) in [5.41, 5.74) is 1.40. The fraction of sp³-hybridized carbons (Fsp3) is 0.188. The Morgan fingerprint density at radius 2 is 2.00 bits per heavy atom. The quantitative estimate of drug-likeness (QED) is 0.725. The van der Waals surface area contributed by atoms with Gasteiger partial charge in [-0.15, -0.1) is 10.2 Å². The molecule has 1 amide bonds. The molecule has 0 spiro atoms. The van der Waals surface area contributed by atoms with Crippen molar-refractivity contribution in [2.75, 3.05) is 0 Å². The first kappa shape index (κ1) is 17.1. The number of aryl methyl sites for hydroxylation is 1. The lowest BCUT2D eigenvalue weighted by Crippen LogP contribution is -2.30. The number of carbonyl (C=O) groups excluding carboxylic acids is 1. The second kappa shape index (κ2) is 6.26. The molecule has 3 aromatic rings. The molecule has 0 bridgehead atoms. The first-order valence-corrected chi connectivity index (χ1v) is 9.06. The molecule has 0 fully saturated rings. The third-order valence-electron chi connectivity index (χ3n) is 3.76. The summed E-state index contributed by atoms with van der Waals surface area (Å²) < 4.78 is 25.2. The second-order valence-corrected chi connectivity index (χ2v) is 7.26. The Bertz CT molecular complexity index is 1060. The van der Waals surface area contributed by atoms with E-state index in [0.29, 0.717) is 11.5 Å². The van der Waals surface area contributed by atoms with E-state index in [1.807, 2.05) is 12.1 Å². The van der Waals surface area contributed by atoms with Gasteiger partial charge in [-0.3, -0.25) is 9.20 Å². The SMILES string of the molecule is Cc1ccc(S(N)(=O)=O)c(C(=O)NC(C)c2nnc3ccccn23)c1. The number of aromatic nitrogens is 3. The molecule has 1 atom stereocenters. The molecule has 3 rings (SSSR count). The van der Waals surface area contributed by atoms with Crippen LogP contribution in [0, 0.1) is 6.92 Å². The van der Waals surface area contributed by atoms with Crippen molar-refractivity contribution in [1.29, 1.82) is 0 Å². The van der Waals surface area contributed by atoms with Crippen molar-refractivity contribution in [2.45, 2.75) is 24.8 Å². The number of nitrogens with two attached hydrogens (primary N) is 1. The van der Waals surface area contributed by atoms with Gasteiger partial charge in [-0.2, -0.15) is 0 Å². The highest BCUT2D eigenvalue weighted by Crippen LogP contribution is 2.18. The summed E-state index contributed by atoms with van der Waals surface area (Å²) in [6.07, 6.45) is 1.79. The number of sulfonamides is 1. The summed E-state index contributed by atoms with van der Waals surface area (Å²) in [7, 11) is -4.01. The minimum absolute atomic E-state index is 0.00294. The highest BCUT2D eigenvalue weighted by atomic mass is 32.2. The maximum atomic E-state index is 12.6. The molecule has 8 nitrogen and oxygen atoms in total. The summed E-state index contributed by atoms with van der Waals surface area (Å²) in [5, 5.41) is 16.1. The van der Waals surface area contributed by atoms with E-state index >= 15 is 0 Å². The Kier molecular flexibility index (Phi) is 4.27. The lowest BCUT2D eigenvalue weighted by atomic mass is 10.1. The van der Waals surface area contributed by atoms with Gasteiger partial charge in [-0.25, -0.2) is 13.6 Å². The van der Waals surface area contributed by atoms with Gasteiger partial charge in [-0.05, 0) is 38.1 Å². The second-order valence-electron chi connectivity index (χ2n) is 5.73. The minimum atomic E-state index is -4.01. The van der Waals surface area contributed by atoms with E-state index in [9.17, 15) is 13.2 Å². The van der Waals surface area contributed by atoms with Crippen molar-refractivity contribution in [3.63, 3.8) is 0 Å². The molecule has 0 aliphatic carbocycles. The monoisotopic (exact) mass is 359 g/mol. The van der Waals surface area contributed by atoms with Crippen molar-refractivity contribution in [3.8, 4) is 0 Å². The Hall–Kier alpha value is -2.78. The highest BCUT2D eigenvalue weighted by Gasteiger charge is 2.22. The first-order valence-electron chi connectivity index (χ1n) is 7.51. The van der Waals surface area contributed by atoms with E-state index in [0.717, 1.165) is 5.56 Å². The number of amides is 1. The van der Waals surface area contributed by atoms with Crippen LogP contribution in [-0.2, 0) is 10.0 Å². The van der Waals surface area contributed by atoms with Crippen LogP contribution in [0.1, 0.15) is 34.7 Å². The molecular formula is C16H17N5O3S. The zero-order chi connectivity index (χ0) is 18.2. The van der Waals surface area contributed by atoms with Gasteiger partial charge in [0.2, 0.25) is 10.0 Å². The van der Waals surface area contributed by atoms with Crippen LogP contribution >= 0.6 is 0 Å². The van der Waals surface area contributed by atoms with Gasteiger partial charge in [0, 0.05) is 6.20 Å².